The largest absolute Gasteiger partial charge is 0.342 e. The van der Waals surface area contributed by atoms with E-state index in [1.54, 1.807) is 4.90 Å². The molecule has 0 aromatic rings. The van der Waals surface area contributed by atoms with E-state index in [-0.39, 0.29) is 18.5 Å². The average Bonchev–Trinajstić information content (AvgIpc) is 3.08. The molecular weight excluding hydrogens is 252 g/mol. The zero-order valence-electron chi connectivity index (χ0n) is 11.1. The van der Waals surface area contributed by atoms with Gasteiger partial charge in [-0.1, -0.05) is 6.92 Å². The van der Waals surface area contributed by atoms with Crippen molar-refractivity contribution in [3.8, 4) is 0 Å². The van der Waals surface area contributed by atoms with Gasteiger partial charge in [0.2, 0.25) is 15.9 Å². The maximum absolute atomic E-state index is 12.1. The topological polar surface area (TPSA) is 57.7 Å². The van der Waals surface area contributed by atoms with Gasteiger partial charge in [0.05, 0.1) is 12.8 Å². The van der Waals surface area contributed by atoms with Crippen molar-refractivity contribution in [3.63, 3.8) is 0 Å². The first kappa shape index (κ1) is 13.8. The van der Waals surface area contributed by atoms with Crippen LogP contribution in [0.2, 0.25) is 0 Å². The monoisotopic (exact) mass is 274 g/mol. The number of carbonyl (C=O) groups excluding carboxylic acids is 1. The van der Waals surface area contributed by atoms with Crippen LogP contribution in [0.4, 0.5) is 0 Å². The van der Waals surface area contributed by atoms with Crippen molar-refractivity contribution in [2.45, 2.75) is 38.6 Å². The molecule has 0 unspecified atom stereocenters. The summed E-state index contributed by atoms with van der Waals surface area (Å²) in [6.07, 6.45) is 5.01. The zero-order chi connectivity index (χ0) is 13.3. The molecule has 1 saturated heterocycles. The molecule has 1 saturated carbocycles. The number of likely N-dealkylation sites (tertiary alicyclic amines) is 1. The highest BCUT2D eigenvalue weighted by atomic mass is 32.2. The standard InChI is InChI=1S/C12H22N2O3S/c1-10-5-7-13(8-6-10)12(15)9-14(11-3-4-11)18(2,16)17/h10-11H,3-9H2,1-2H3. The first-order chi connectivity index (χ1) is 8.38. The molecule has 0 aromatic heterocycles. The molecule has 0 radical (unpaired) electrons. The molecule has 2 fully saturated rings. The molecule has 5 nitrogen and oxygen atoms in total. The lowest BCUT2D eigenvalue weighted by molar-refractivity contribution is -0.132. The molecule has 1 aliphatic heterocycles. The molecule has 2 rings (SSSR count). The van der Waals surface area contributed by atoms with E-state index in [4.69, 9.17) is 0 Å². The number of nitrogens with zero attached hydrogens (tertiary/aromatic N) is 2. The van der Waals surface area contributed by atoms with Crippen molar-refractivity contribution >= 4 is 15.9 Å². The number of carbonyl (C=O) groups is 1. The highest BCUT2D eigenvalue weighted by molar-refractivity contribution is 7.88. The van der Waals surface area contributed by atoms with Gasteiger partial charge in [-0.05, 0) is 31.6 Å². The van der Waals surface area contributed by atoms with Crippen LogP contribution >= 0.6 is 0 Å². The van der Waals surface area contributed by atoms with Crippen LogP contribution in [-0.2, 0) is 14.8 Å². The molecule has 2 aliphatic rings. The lowest BCUT2D eigenvalue weighted by atomic mass is 9.99. The predicted octanol–water partition coefficient (Wildman–Crippen LogP) is 0.669. The highest BCUT2D eigenvalue weighted by Crippen LogP contribution is 2.29. The van der Waals surface area contributed by atoms with E-state index in [0.29, 0.717) is 5.92 Å². The normalized spacial score (nSPS) is 22.5. The van der Waals surface area contributed by atoms with E-state index in [2.05, 4.69) is 6.92 Å². The molecule has 1 aliphatic carbocycles. The molecule has 0 N–H and O–H groups in total. The summed E-state index contributed by atoms with van der Waals surface area (Å²) in [6.45, 7) is 3.75. The minimum Gasteiger partial charge on any atom is -0.342 e. The van der Waals surface area contributed by atoms with Gasteiger partial charge in [0.1, 0.15) is 0 Å². The fourth-order valence-electron chi connectivity index (χ4n) is 2.37. The Morgan fingerprint density at radius 2 is 1.78 bits per heavy atom. The second-order valence-corrected chi connectivity index (χ2v) is 7.54. The van der Waals surface area contributed by atoms with Crippen LogP contribution in [0.3, 0.4) is 0 Å². The van der Waals surface area contributed by atoms with E-state index in [9.17, 15) is 13.2 Å². The van der Waals surface area contributed by atoms with Gasteiger partial charge < -0.3 is 4.90 Å². The van der Waals surface area contributed by atoms with Gasteiger partial charge in [-0.25, -0.2) is 8.42 Å². The summed E-state index contributed by atoms with van der Waals surface area (Å²) in [5, 5.41) is 0. The fraction of sp³-hybridized carbons (Fsp3) is 0.917. The van der Waals surface area contributed by atoms with Crippen LogP contribution in [-0.4, -0.2) is 55.5 Å². The van der Waals surface area contributed by atoms with Gasteiger partial charge in [0, 0.05) is 19.1 Å². The van der Waals surface area contributed by atoms with Gasteiger partial charge in [0.25, 0.3) is 0 Å². The Kier molecular flexibility index (Phi) is 3.96. The van der Waals surface area contributed by atoms with Crippen molar-refractivity contribution in [1.29, 1.82) is 0 Å². The van der Waals surface area contributed by atoms with Gasteiger partial charge in [-0.2, -0.15) is 4.31 Å². The Bertz CT molecular complexity index is 409. The van der Waals surface area contributed by atoms with E-state index >= 15 is 0 Å². The number of hydrogen-bond acceptors (Lipinski definition) is 3. The van der Waals surface area contributed by atoms with Gasteiger partial charge in [0.15, 0.2) is 0 Å². The average molecular weight is 274 g/mol. The molecule has 104 valence electrons. The summed E-state index contributed by atoms with van der Waals surface area (Å²) in [5.41, 5.74) is 0. The summed E-state index contributed by atoms with van der Waals surface area (Å²) in [7, 11) is -3.26. The Morgan fingerprint density at radius 3 is 2.22 bits per heavy atom. The summed E-state index contributed by atoms with van der Waals surface area (Å²) in [4.78, 5) is 13.9. The number of piperidine rings is 1. The third kappa shape index (κ3) is 3.45. The molecule has 0 bridgehead atoms. The second-order valence-electron chi connectivity index (χ2n) is 5.60. The zero-order valence-corrected chi connectivity index (χ0v) is 11.9. The number of sulfonamides is 1. The van der Waals surface area contributed by atoms with Crippen LogP contribution in [0.5, 0.6) is 0 Å². The summed E-state index contributed by atoms with van der Waals surface area (Å²) in [5.74, 6) is 0.628. The maximum Gasteiger partial charge on any atom is 0.237 e. The third-order valence-electron chi connectivity index (χ3n) is 3.81. The SMILES string of the molecule is CC1CCN(C(=O)CN(C2CC2)S(C)(=O)=O)CC1. The van der Waals surface area contributed by atoms with Crippen LogP contribution in [0.1, 0.15) is 32.6 Å². The minimum atomic E-state index is -3.26. The lowest BCUT2D eigenvalue weighted by Gasteiger charge is -2.32. The van der Waals surface area contributed by atoms with Crippen molar-refractivity contribution < 1.29 is 13.2 Å². The Balaban J connectivity index is 1.93. The van der Waals surface area contributed by atoms with Crippen molar-refractivity contribution in [1.82, 2.24) is 9.21 Å². The molecular formula is C12H22N2O3S. The van der Waals surface area contributed by atoms with Gasteiger partial charge in [-0.15, -0.1) is 0 Å². The van der Waals surface area contributed by atoms with Crippen LogP contribution in [0, 0.1) is 5.92 Å². The summed E-state index contributed by atoms with van der Waals surface area (Å²) < 4.78 is 24.6. The minimum absolute atomic E-state index is 0.0257. The van der Waals surface area contributed by atoms with Crippen molar-refractivity contribution in [2.24, 2.45) is 5.92 Å². The smallest absolute Gasteiger partial charge is 0.237 e. The number of rotatable bonds is 4. The maximum atomic E-state index is 12.1. The first-order valence-electron chi connectivity index (χ1n) is 6.62. The molecule has 1 heterocycles. The van der Waals surface area contributed by atoms with E-state index in [1.807, 2.05) is 0 Å². The Morgan fingerprint density at radius 1 is 1.22 bits per heavy atom. The lowest BCUT2D eigenvalue weighted by Crippen LogP contribution is -2.46. The third-order valence-corrected chi connectivity index (χ3v) is 5.09. The Labute approximate surface area is 109 Å². The summed E-state index contributed by atoms with van der Waals surface area (Å²) in [6, 6.07) is 0.0627. The quantitative estimate of drug-likeness (QED) is 0.757. The molecule has 18 heavy (non-hydrogen) atoms. The van der Waals surface area contributed by atoms with Crippen LogP contribution < -0.4 is 0 Å². The number of hydrogen-bond donors (Lipinski definition) is 0. The van der Waals surface area contributed by atoms with Crippen LogP contribution in [0.15, 0.2) is 0 Å². The van der Waals surface area contributed by atoms with E-state index < -0.39 is 10.0 Å². The van der Waals surface area contributed by atoms with E-state index in [0.717, 1.165) is 38.8 Å². The fourth-order valence-corrected chi connectivity index (χ4v) is 3.47. The molecule has 0 spiro atoms. The molecule has 0 atom stereocenters. The van der Waals surface area contributed by atoms with Crippen molar-refractivity contribution in [3.05, 3.63) is 0 Å². The number of amides is 1. The van der Waals surface area contributed by atoms with E-state index in [1.165, 1.54) is 10.6 Å². The molecule has 1 amide bonds. The second kappa shape index (κ2) is 5.17. The molecule has 0 aromatic carbocycles. The first-order valence-corrected chi connectivity index (χ1v) is 8.47. The Hall–Kier alpha value is -0.620. The highest BCUT2D eigenvalue weighted by Gasteiger charge is 2.37. The predicted molar refractivity (Wildman–Crippen MR) is 69.5 cm³/mol. The van der Waals surface area contributed by atoms with Gasteiger partial charge >= 0.3 is 0 Å². The molecule has 6 heteroatoms. The van der Waals surface area contributed by atoms with Crippen LogP contribution in [0.25, 0.3) is 0 Å². The van der Waals surface area contributed by atoms with Gasteiger partial charge in [-0.3, -0.25) is 4.79 Å². The summed E-state index contributed by atoms with van der Waals surface area (Å²) >= 11 is 0. The van der Waals surface area contributed by atoms with Crippen molar-refractivity contribution in [2.75, 3.05) is 25.9 Å².